The highest BCUT2D eigenvalue weighted by Crippen LogP contribution is 2.25. The molecule has 0 aliphatic carbocycles. The van der Waals surface area contributed by atoms with Crippen LogP contribution in [0, 0.1) is 0 Å². The number of amides is 1. The molecule has 1 aromatic heterocycles. The summed E-state index contributed by atoms with van der Waals surface area (Å²) < 4.78 is 0.955. The second kappa shape index (κ2) is 7.87. The largest absolute Gasteiger partial charge is 0.382 e. The quantitative estimate of drug-likeness (QED) is 0.580. The van der Waals surface area contributed by atoms with Crippen LogP contribution in [0.25, 0.3) is 11.3 Å². The summed E-state index contributed by atoms with van der Waals surface area (Å²) in [6.45, 7) is 0.947. The Morgan fingerprint density at radius 2 is 1.82 bits per heavy atom. The first kappa shape index (κ1) is 18.9. The summed E-state index contributed by atoms with van der Waals surface area (Å²) in [5.41, 5.74) is 3.78. The fraction of sp³-hybridized carbons (Fsp3) is 0.238. The molecule has 0 saturated carbocycles. The Morgan fingerprint density at radius 1 is 1.11 bits per heavy atom. The molecule has 0 radical (unpaired) electrons. The van der Waals surface area contributed by atoms with Crippen molar-refractivity contribution in [3.63, 3.8) is 0 Å². The van der Waals surface area contributed by atoms with Gasteiger partial charge in [-0.15, -0.1) is 0 Å². The molecule has 7 heteroatoms. The highest BCUT2D eigenvalue weighted by Gasteiger charge is 2.33. The van der Waals surface area contributed by atoms with Crippen molar-refractivity contribution in [1.82, 2.24) is 14.9 Å². The Kier molecular flexibility index (Phi) is 5.30. The maximum Gasteiger partial charge on any atom is 0.254 e. The fourth-order valence-electron chi connectivity index (χ4n) is 3.41. The average molecular weight is 442 g/mol. The molecule has 0 spiro atoms. The summed E-state index contributed by atoms with van der Waals surface area (Å²) in [4.78, 5) is 21.5. The number of aromatic amines is 1. The molecule has 2 atom stereocenters. The first-order valence-electron chi connectivity index (χ1n) is 9.06. The number of imidazole rings is 1. The summed E-state index contributed by atoms with van der Waals surface area (Å²) in [7, 11) is 0. The normalized spacial score (nSPS) is 15.8. The third-order valence-corrected chi connectivity index (χ3v) is 5.54. The van der Waals surface area contributed by atoms with Crippen LogP contribution < -0.4 is 0 Å². The van der Waals surface area contributed by atoms with Crippen LogP contribution in [0.3, 0.4) is 0 Å². The van der Waals surface area contributed by atoms with Gasteiger partial charge in [-0.05, 0) is 29.7 Å². The van der Waals surface area contributed by atoms with Crippen molar-refractivity contribution in [1.29, 1.82) is 0 Å². The first-order chi connectivity index (χ1) is 13.5. The maximum atomic E-state index is 12.7. The van der Waals surface area contributed by atoms with E-state index in [0.717, 1.165) is 22.0 Å². The van der Waals surface area contributed by atoms with Crippen molar-refractivity contribution in [2.45, 2.75) is 25.2 Å². The van der Waals surface area contributed by atoms with Gasteiger partial charge in [-0.2, -0.15) is 0 Å². The minimum absolute atomic E-state index is 0.163. The van der Waals surface area contributed by atoms with Gasteiger partial charge in [0.15, 0.2) is 6.10 Å². The molecule has 6 nitrogen and oxygen atoms in total. The van der Waals surface area contributed by atoms with E-state index in [4.69, 9.17) is 0 Å². The van der Waals surface area contributed by atoms with Gasteiger partial charge < -0.3 is 20.1 Å². The molecule has 1 aliphatic rings. The Labute approximate surface area is 171 Å². The predicted molar refractivity (Wildman–Crippen MR) is 108 cm³/mol. The lowest BCUT2D eigenvalue weighted by molar-refractivity contribution is -0.147. The van der Waals surface area contributed by atoms with E-state index in [0.29, 0.717) is 18.8 Å². The lowest BCUT2D eigenvalue weighted by Crippen LogP contribution is -2.44. The molecule has 3 aromatic rings. The molecule has 144 valence electrons. The van der Waals surface area contributed by atoms with Gasteiger partial charge in [-0.3, -0.25) is 4.79 Å². The summed E-state index contributed by atoms with van der Waals surface area (Å²) in [6, 6.07) is 15.5. The number of halogens is 1. The van der Waals surface area contributed by atoms with E-state index in [9.17, 15) is 15.0 Å². The van der Waals surface area contributed by atoms with Crippen LogP contribution in [0.2, 0.25) is 0 Å². The first-order valence-corrected chi connectivity index (χ1v) is 9.85. The highest BCUT2D eigenvalue weighted by molar-refractivity contribution is 9.10. The molecule has 2 unspecified atom stereocenters. The zero-order valence-corrected chi connectivity index (χ0v) is 16.6. The smallest absolute Gasteiger partial charge is 0.254 e. The number of aliphatic hydroxyl groups excluding tert-OH is 2. The number of H-pyrrole nitrogens is 1. The topological polar surface area (TPSA) is 89.5 Å². The molecule has 4 rings (SSSR count). The Hall–Kier alpha value is -2.48. The molecular weight excluding hydrogens is 422 g/mol. The van der Waals surface area contributed by atoms with Crippen LogP contribution in [0.5, 0.6) is 0 Å². The minimum Gasteiger partial charge on any atom is -0.382 e. The number of hydrogen-bond donors (Lipinski definition) is 3. The number of hydrogen-bond acceptors (Lipinski definition) is 4. The van der Waals surface area contributed by atoms with Crippen LogP contribution in [0.1, 0.15) is 23.1 Å². The van der Waals surface area contributed by atoms with E-state index < -0.39 is 18.1 Å². The van der Waals surface area contributed by atoms with Crippen molar-refractivity contribution in [3.8, 4) is 11.3 Å². The van der Waals surface area contributed by atoms with Crippen LogP contribution in [0.4, 0.5) is 0 Å². The molecule has 1 amide bonds. The van der Waals surface area contributed by atoms with Crippen LogP contribution in [-0.2, 0) is 17.8 Å². The van der Waals surface area contributed by atoms with Crippen molar-refractivity contribution in [2.75, 3.05) is 6.54 Å². The molecule has 3 N–H and O–H groups in total. The lowest BCUT2D eigenvalue weighted by Gasteiger charge is -2.31. The van der Waals surface area contributed by atoms with E-state index >= 15 is 0 Å². The minimum atomic E-state index is -1.57. The fourth-order valence-corrected chi connectivity index (χ4v) is 3.68. The number of rotatable bonds is 4. The van der Waals surface area contributed by atoms with Gasteiger partial charge in [0.25, 0.3) is 5.91 Å². The number of fused-ring (bicyclic) bond motifs is 1. The summed E-state index contributed by atoms with van der Waals surface area (Å²) in [6.07, 6.45) is -0.613. The number of carbonyl (C=O) groups is 1. The number of nitrogens with zero attached hydrogens (tertiary/aromatic N) is 2. The monoisotopic (exact) mass is 441 g/mol. The average Bonchev–Trinajstić information content (AvgIpc) is 3.22. The number of aliphatic hydroxyl groups is 2. The van der Waals surface area contributed by atoms with Gasteiger partial charge in [0.05, 0.1) is 5.69 Å². The van der Waals surface area contributed by atoms with Crippen molar-refractivity contribution < 1.29 is 15.0 Å². The van der Waals surface area contributed by atoms with Crippen molar-refractivity contribution in [2.24, 2.45) is 0 Å². The molecule has 28 heavy (non-hydrogen) atoms. The van der Waals surface area contributed by atoms with E-state index in [1.165, 1.54) is 5.56 Å². The van der Waals surface area contributed by atoms with Gasteiger partial charge in [0, 0.05) is 29.3 Å². The number of nitrogens with one attached hydrogen (secondary N) is 1. The molecule has 2 aromatic carbocycles. The number of aromatic nitrogens is 2. The van der Waals surface area contributed by atoms with Crippen LogP contribution >= 0.6 is 15.9 Å². The van der Waals surface area contributed by atoms with Crippen molar-refractivity contribution >= 4 is 21.8 Å². The molecule has 0 bridgehead atoms. The van der Waals surface area contributed by atoms with Gasteiger partial charge >= 0.3 is 0 Å². The van der Waals surface area contributed by atoms with E-state index in [1.807, 2.05) is 42.5 Å². The molecule has 0 saturated heterocycles. The summed E-state index contributed by atoms with van der Waals surface area (Å²) in [5, 5.41) is 20.9. The third-order valence-electron chi connectivity index (χ3n) is 5.01. The predicted octanol–water partition coefficient (Wildman–Crippen LogP) is 2.82. The summed E-state index contributed by atoms with van der Waals surface area (Å²) >= 11 is 3.39. The lowest BCUT2D eigenvalue weighted by atomic mass is 9.99. The molecule has 1 aliphatic heterocycles. The molecule has 0 fully saturated rings. The van der Waals surface area contributed by atoms with Gasteiger partial charge in [0.2, 0.25) is 0 Å². The summed E-state index contributed by atoms with van der Waals surface area (Å²) in [5.74, 6) is -0.334. The van der Waals surface area contributed by atoms with Crippen LogP contribution in [0.15, 0.2) is 59.2 Å². The highest BCUT2D eigenvalue weighted by atomic mass is 79.9. The Bertz CT molecular complexity index is 987. The van der Waals surface area contributed by atoms with Crippen LogP contribution in [-0.4, -0.2) is 43.6 Å². The SMILES string of the molecule is O=C(C(O)C(O)c1nc(-c2ccc(Br)cc2)c[nH]1)N1CCc2ccccc2C1. The van der Waals surface area contributed by atoms with E-state index in [-0.39, 0.29) is 5.82 Å². The molecular formula is C21H20BrN3O3. The molecule has 2 heterocycles. The van der Waals surface area contributed by atoms with Gasteiger partial charge in [-0.1, -0.05) is 52.3 Å². The standard InChI is InChI=1S/C21H20BrN3O3/c22-16-7-5-14(6-8-16)17-11-23-20(24-17)18(26)19(27)21(28)25-10-9-13-3-1-2-4-15(13)12-25/h1-8,11,18-19,26-27H,9-10,12H2,(H,23,24). The maximum absolute atomic E-state index is 12.7. The Morgan fingerprint density at radius 3 is 2.57 bits per heavy atom. The van der Waals surface area contributed by atoms with E-state index in [2.05, 4.69) is 32.0 Å². The second-order valence-corrected chi connectivity index (χ2v) is 7.76. The Balaban J connectivity index is 1.47. The van der Waals surface area contributed by atoms with Gasteiger partial charge in [-0.25, -0.2) is 4.98 Å². The zero-order chi connectivity index (χ0) is 19.7. The van der Waals surface area contributed by atoms with Crippen molar-refractivity contribution in [3.05, 3.63) is 76.2 Å². The third kappa shape index (κ3) is 3.73. The number of carbonyl (C=O) groups excluding carboxylic acids is 1. The second-order valence-electron chi connectivity index (χ2n) is 6.85. The van der Waals surface area contributed by atoms with Gasteiger partial charge in [0.1, 0.15) is 11.9 Å². The zero-order valence-electron chi connectivity index (χ0n) is 15.0. The number of benzene rings is 2. The van der Waals surface area contributed by atoms with E-state index in [1.54, 1.807) is 11.1 Å².